The van der Waals surface area contributed by atoms with Crippen molar-refractivity contribution < 1.29 is 19.1 Å². The molecule has 22 heavy (non-hydrogen) atoms. The van der Waals surface area contributed by atoms with Crippen molar-refractivity contribution in [3.05, 3.63) is 57.6 Å². The van der Waals surface area contributed by atoms with Crippen molar-refractivity contribution in [1.82, 2.24) is 0 Å². The van der Waals surface area contributed by atoms with Crippen LogP contribution in [0.4, 0.5) is 0 Å². The summed E-state index contributed by atoms with van der Waals surface area (Å²) >= 11 is 3.31. The first-order valence-corrected chi connectivity index (χ1v) is 7.54. The van der Waals surface area contributed by atoms with Crippen LogP contribution in [0.5, 0.6) is 11.5 Å². The van der Waals surface area contributed by atoms with Gasteiger partial charge in [-0.1, -0.05) is 17.7 Å². The minimum Gasteiger partial charge on any atom is -0.490 e. The van der Waals surface area contributed by atoms with E-state index in [9.17, 15) is 9.59 Å². The van der Waals surface area contributed by atoms with Gasteiger partial charge in [0.2, 0.25) is 0 Å². The van der Waals surface area contributed by atoms with E-state index >= 15 is 0 Å². The molecular formula is C17H15BrO4. The molecule has 5 heteroatoms. The Morgan fingerprint density at radius 3 is 2.50 bits per heavy atom. The van der Waals surface area contributed by atoms with Crippen molar-refractivity contribution in [2.24, 2.45) is 0 Å². The second-order valence-electron chi connectivity index (χ2n) is 4.64. The van der Waals surface area contributed by atoms with Crippen LogP contribution in [0.2, 0.25) is 0 Å². The maximum atomic E-state index is 12.2. The van der Waals surface area contributed by atoms with Crippen LogP contribution in [0.1, 0.15) is 33.2 Å². The molecule has 0 fully saturated rings. The predicted molar refractivity (Wildman–Crippen MR) is 86.8 cm³/mol. The van der Waals surface area contributed by atoms with Crippen LogP contribution in [0, 0.1) is 6.92 Å². The number of carbonyl (C=O) groups excluding carboxylic acids is 2. The number of hydrogen-bond donors (Lipinski definition) is 0. The topological polar surface area (TPSA) is 52.6 Å². The molecule has 0 heterocycles. The first kappa shape index (κ1) is 16.2. The van der Waals surface area contributed by atoms with Crippen molar-refractivity contribution in [2.45, 2.75) is 13.8 Å². The van der Waals surface area contributed by atoms with Crippen molar-refractivity contribution in [3.63, 3.8) is 0 Å². The van der Waals surface area contributed by atoms with Gasteiger partial charge in [0, 0.05) is 5.56 Å². The highest BCUT2D eigenvalue weighted by Gasteiger charge is 2.17. The van der Waals surface area contributed by atoms with E-state index in [4.69, 9.17) is 9.47 Å². The smallest absolute Gasteiger partial charge is 0.343 e. The van der Waals surface area contributed by atoms with E-state index in [1.165, 1.54) is 0 Å². The van der Waals surface area contributed by atoms with Gasteiger partial charge in [0.1, 0.15) is 6.29 Å². The Balaban J connectivity index is 2.33. The Labute approximate surface area is 137 Å². The number of ether oxygens (including phenoxy) is 2. The van der Waals surface area contributed by atoms with Crippen molar-refractivity contribution in [1.29, 1.82) is 0 Å². The molecule has 2 rings (SSSR count). The summed E-state index contributed by atoms with van der Waals surface area (Å²) in [5.74, 6) is 0.123. The van der Waals surface area contributed by atoms with Crippen LogP contribution in [-0.4, -0.2) is 18.9 Å². The van der Waals surface area contributed by atoms with Gasteiger partial charge in [-0.3, -0.25) is 4.79 Å². The summed E-state index contributed by atoms with van der Waals surface area (Å²) in [4.78, 5) is 23.1. The van der Waals surface area contributed by atoms with E-state index in [0.29, 0.717) is 34.2 Å². The summed E-state index contributed by atoms with van der Waals surface area (Å²) in [5, 5.41) is 0. The third-order valence-electron chi connectivity index (χ3n) is 2.95. The molecule has 114 valence electrons. The van der Waals surface area contributed by atoms with Gasteiger partial charge in [-0.25, -0.2) is 4.79 Å². The summed E-state index contributed by atoms with van der Waals surface area (Å²) in [6, 6.07) is 10.2. The molecule has 0 saturated heterocycles. The number of aldehydes is 1. The monoisotopic (exact) mass is 362 g/mol. The Morgan fingerprint density at radius 1 is 1.23 bits per heavy atom. The fourth-order valence-corrected chi connectivity index (χ4v) is 2.40. The molecule has 0 amide bonds. The quantitative estimate of drug-likeness (QED) is 0.454. The second-order valence-corrected chi connectivity index (χ2v) is 5.49. The van der Waals surface area contributed by atoms with Crippen molar-refractivity contribution in [2.75, 3.05) is 6.61 Å². The fourth-order valence-electron chi connectivity index (χ4n) is 1.86. The number of rotatable bonds is 5. The molecule has 0 N–H and O–H groups in total. The van der Waals surface area contributed by atoms with Gasteiger partial charge >= 0.3 is 5.97 Å². The SMILES string of the molecule is CCOc1cc(C=O)cc(Br)c1OC(=O)c1ccc(C)cc1. The van der Waals surface area contributed by atoms with Gasteiger partial charge in [0.05, 0.1) is 16.6 Å². The highest BCUT2D eigenvalue weighted by Crippen LogP contribution is 2.37. The highest BCUT2D eigenvalue weighted by atomic mass is 79.9. The van der Waals surface area contributed by atoms with Gasteiger partial charge in [0.15, 0.2) is 11.5 Å². The third kappa shape index (κ3) is 3.74. The van der Waals surface area contributed by atoms with Gasteiger partial charge in [0.25, 0.3) is 0 Å². The minimum atomic E-state index is -0.486. The molecule has 2 aromatic carbocycles. The molecule has 0 aliphatic heterocycles. The summed E-state index contributed by atoms with van der Waals surface area (Å²) in [7, 11) is 0. The molecular weight excluding hydrogens is 348 g/mol. The van der Waals surface area contributed by atoms with Crippen LogP contribution >= 0.6 is 15.9 Å². The zero-order chi connectivity index (χ0) is 16.1. The minimum absolute atomic E-state index is 0.262. The molecule has 0 saturated carbocycles. The Kier molecular flexibility index (Phi) is 5.33. The van der Waals surface area contributed by atoms with Gasteiger partial charge in [-0.05, 0) is 54.0 Å². The summed E-state index contributed by atoms with van der Waals surface area (Å²) < 4.78 is 11.4. The lowest BCUT2D eigenvalue weighted by Gasteiger charge is -2.13. The third-order valence-corrected chi connectivity index (χ3v) is 3.54. The summed E-state index contributed by atoms with van der Waals surface area (Å²) in [6.45, 7) is 4.15. The number of esters is 1. The molecule has 0 atom stereocenters. The molecule has 0 spiro atoms. The first-order chi connectivity index (χ1) is 10.5. The molecule has 0 aliphatic carbocycles. The Hall–Kier alpha value is -2.14. The van der Waals surface area contributed by atoms with Crippen molar-refractivity contribution >= 4 is 28.2 Å². The lowest BCUT2D eigenvalue weighted by molar-refractivity contribution is 0.0727. The number of hydrogen-bond acceptors (Lipinski definition) is 4. The van der Waals surface area contributed by atoms with Crippen LogP contribution in [0.15, 0.2) is 40.9 Å². The van der Waals surface area contributed by atoms with Crippen molar-refractivity contribution in [3.8, 4) is 11.5 Å². The number of benzene rings is 2. The standard InChI is InChI=1S/C17H15BrO4/c1-3-21-15-9-12(10-19)8-14(18)16(15)22-17(20)13-6-4-11(2)5-7-13/h4-10H,3H2,1-2H3. The molecule has 4 nitrogen and oxygen atoms in total. The van der Waals surface area contributed by atoms with Crippen LogP contribution in [-0.2, 0) is 0 Å². The molecule has 0 aliphatic rings. The highest BCUT2D eigenvalue weighted by molar-refractivity contribution is 9.10. The van der Waals surface area contributed by atoms with E-state index in [0.717, 1.165) is 5.56 Å². The van der Waals surface area contributed by atoms with E-state index in [-0.39, 0.29) is 5.75 Å². The molecule has 0 aromatic heterocycles. The molecule has 0 radical (unpaired) electrons. The molecule has 0 bridgehead atoms. The number of halogens is 1. The van der Waals surface area contributed by atoms with Gasteiger partial charge < -0.3 is 9.47 Å². The summed E-state index contributed by atoms with van der Waals surface area (Å²) in [5.41, 5.74) is 1.94. The average molecular weight is 363 g/mol. The zero-order valence-corrected chi connectivity index (χ0v) is 13.8. The zero-order valence-electron chi connectivity index (χ0n) is 12.3. The maximum absolute atomic E-state index is 12.2. The largest absolute Gasteiger partial charge is 0.490 e. The van der Waals surface area contributed by atoms with E-state index in [2.05, 4.69) is 15.9 Å². The Morgan fingerprint density at radius 2 is 1.91 bits per heavy atom. The van der Waals surface area contributed by atoms with Crippen LogP contribution < -0.4 is 9.47 Å². The van der Waals surface area contributed by atoms with E-state index in [1.807, 2.05) is 26.0 Å². The van der Waals surface area contributed by atoms with Crippen LogP contribution in [0.25, 0.3) is 0 Å². The maximum Gasteiger partial charge on any atom is 0.343 e. The lowest BCUT2D eigenvalue weighted by atomic mass is 10.1. The lowest BCUT2D eigenvalue weighted by Crippen LogP contribution is -2.10. The second kappa shape index (κ2) is 7.22. The predicted octanol–water partition coefficient (Wildman–Crippen LogP) is 4.19. The van der Waals surface area contributed by atoms with Gasteiger partial charge in [-0.2, -0.15) is 0 Å². The van der Waals surface area contributed by atoms with Gasteiger partial charge in [-0.15, -0.1) is 0 Å². The summed E-state index contributed by atoms with van der Waals surface area (Å²) in [6.07, 6.45) is 0.707. The Bertz CT molecular complexity index is 693. The van der Waals surface area contributed by atoms with E-state index < -0.39 is 5.97 Å². The average Bonchev–Trinajstić information content (AvgIpc) is 2.51. The molecule has 2 aromatic rings. The molecule has 0 unspecified atom stereocenters. The van der Waals surface area contributed by atoms with Crippen LogP contribution in [0.3, 0.4) is 0 Å². The normalized spacial score (nSPS) is 10.1. The van der Waals surface area contributed by atoms with E-state index in [1.54, 1.807) is 24.3 Å². The number of aryl methyl sites for hydroxylation is 1. The fraction of sp³-hybridized carbons (Fsp3) is 0.176. The first-order valence-electron chi connectivity index (χ1n) is 6.75. The number of carbonyl (C=O) groups is 2.